The number of benzene rings is 4. The molecule has 0 N–H and O–H groups in total. The van der Waals surface area contributed by atoms with E-state index in [9.17, 15) is 5.26 Å². The lowest BCUT2D eigenvalue weighted by Gasteiger charge is -2.22. The van der Waals surface area contributed by atoms with Gasteiger partial charge in [-0.1, -0.05) is 24.3 Å². The first-order valence-electron chi connectivity index (χ1n) is 8.12. The molecule has 4 aromatic carbocycles. The van der Waals surface area contributed by atoms with Crippen molar-refractivity contribution in [1.29, 1.82) is 5.26 Å². The van der Waals surface area contributed by atoms with Crippen LogP contribution in [-0.2, 0) is 0 Å². The molecule has 0 saturated heterocycles. The summed E-state index contributed by atoms with van der Waals surface area (Å²) in [6.07, 6.45) is 0. The normalized spacial score (nSPS) is 11.3. The van der Waals surface area contributed by atoms with Crippen LogP contribution in [0.2, 0.25) is 0 Å². The maximum Gasteiger partial charge on any atom is 0.0992 e. The summed E-state index contributed by atoms with van der Waals surface area (Å²) in [6, 6.07) is 19.4. The highest BCUT2D eigenvalue weighted by molar-refractivity contribution is 6.23. The largest absolute Gasteiger partial charge is 0.372 e. The Morgan fingerprint density at radius 3 is 1.61 bits per heavy atom. The number of nitrogens with zero attached hydrogens (tertiary/aromatic N) is 2. The van der Waals surface area contributed by atoms with E-state index in [1.165, 1.54) is 27.2 Å². The molecule has 0 aromatic heterocycles. The molecule has 0 unspecified atom stereocenters. The van der Waals surface area contributed by atoms with Gasteiger partial charge in [-0.15, -0.1) is 0 Å². The third kappa shape index (κ3) is 2.01. The highest BCUT2D eigenvalue weighted by Crippen LogP contribution is 2.37. The van der Waals surface area contributed by atoms with Crippen molar-refractivity contribution in [2.75, 3.05) is 18.0 Å². The molecule has 0 fully saturated rings. The Morgan fingerprint density at radius 1 is 0.783 bits per heavy atom. The second-order valence-electron chi connectivity index (χ2n) is 5.98. The first kappa shape index (κ1) is 13.8. The van der Waals surface area contributed by atoms with Crippen molar-refractivity contribution in [3.05, 3.63) is 54.1 Å². The number of anilines is 1. The molecule has 112 valence electrons. The van der Waals surface area contributed by atoms with Gasteiger partial charge in [0, 0.05) is 18.8 Å². The molecule has 0 amide bonds. The topological polar surface area (TPSA) is 27.0 Å². The van der Waals surface area contributed by atoms with E-state index in [1.807, 2.05) is 12.1 Å². The van der Waals surface area contributed by atoms with Gasteiger partial charge in [0.1, 0.15) is 0 Å². The van der Waals surface area contributed by atoms with Crippen molar-refractivity contribution in [3.8, 4) is 6.07 Å². The maximum atomic E-state index is 9.22. The zero-order valence-corrected chi connectivity index (χ0v) is 13.4. The fourth-order valence-corrected chi connectivity index (χ4v) is 3.66. The van der Waals surface area contributed by atoms with Crippen molar-refractivity contribution in [2.45, 2.75) is 13.8 Å². The van der Waals surface area contributed by atoms with Gasteiger partial charge in [0.2, 0.25) is 0 Å². The van der Waals surface area contributed by atoms with Crippen LogP contribution in [-0.4, -0.2) is 13.1 Å². The van der Waals surface area contributed by atoms with E-state index < -0.39 is 0 Å². The van der Waals surface area contributed by atoms with Crippen molar-refractivity contribution >= 4 is 38.0 Å². The third-order valence-electron chi connectivity index (χ3n) is 4.78. The van der Waals surface area contributed by atoms with Gasteiger partial charge in [-0.05, 0) is 70.4 Å². The highest BCUT2D eigenvalue weighted by Gasteiger charge is 2.12. The van der Waals surface area contributed by atoms with Crippen LogP contribution >= 0.6 is 0 Å². The zero-order chi connectivity index (χ0) is 16.0. The predicted molar refractivity (Wildman–Crippen MR) is 98.4 cm³/mol. The zero-order valence-electron chi connectivity index (χ0n) is 13.4. The maximum absolute atomic E-state index is 9.22. The molecular weight excluding hydrogens is 280 g/mol. The number of nitriles is 1. The van der Waals surface area contributed by atoms with Gasteiger partial charge in [-0.2, -0.15) is 5.26 Å². The summed E-state index contributed by atoms with van der Waals surface area (Å²) in [5, 5.41) is 16.6. The Labute approximate surface area is 135 Å². The van der Waals surface area contributed by atoms with E-state index in [0.717, 1.165) is 29.4 Å². The summed E-state index contributed by atoms with van der Waals surface area (Å²) in [7, 11) is 0. The van der Waals surface area contributed by atoms with Gasteiger partial charge in [0.25, 0.3) is 0 Å². The average Bonchev–Trinajstić information content (AvgIpc) is 2.60. The monoisotopic (exact) mass is 298 g/mol. The first-order chi connectivity index (χ1) is 11.2. The molecule has 0 heterocycles. The molecule has 0 aliphatic heterocycles. The molecule has 4 rings (SSSR count). The minimum atomic E-state index is 0.722. The Kier molecular flexibility index (Phi) is 3.09. The van der Waals surface area contributed by atoms with Crippen molar-refractivity contribution < 1.29 is 0 Å². The Balaban J connectivity index is 2.11. The summed E-state index contributed by atoms with van der Waals surface area (Å²) in [5.41, 5.74) is 2.00. The van der Waals surface area contributed by atoms with Gasteiger partial charge < -0.3 is 4.90 Å². The highest BCUT2D eigenvalue weighted by atomic mass is 15.1. The molecular formula is C21H18N2. The van der Waals surface area contributed by atoms with Crippen LogP contribution < -0.4 is 4.90 Å². The molecule has 0 atom stereocenters. The Bertz CT molecular complexity index is 985. The fraction of sp³-hybridized carbons (Fsp3) is 0.190. The minimum absolute atomic E-state index is 0.722. The molecule has 0 saturated carbocycles. The van der Waals surface area contributed by atoms with Crippen molar-refractivity contribution in [2.24, 2.45) is 0 Å². The van der Waals surface area contributed by atoms with Crippen LogP contribution in [0.15, 0.2) is 48.5 Å². The summed E-state index contributed by atoms with van der Waals surface area (Å²) < 4.78 is 0. The smallest absolute Gasteiger partial charge is 0.0992 e. The third-order valence-corrected chi connectivity index (χ3v) is 4.78. The molecule has 0 radical (unpaired) electrons. The summed E-state index contributed by atoms with van der Waals surface area (Å²) >= 11 is 0. The number of rotatable bonds is 3. The van der Waals surface area contributed by atoms with E-state index in [4.69, 9.17) is 0 Å². The van der Waals surface area contributed by atoms with Crippen LogP contribution in [0.5, 0.6) is 0 Å². The van der Waals surface area contributed by atoms with Crippen LogP contribution in [0.25, 0.3) is 32.3 Å². The van der Waals surface area contributed by atoms with E-state index in [1.54, 1.807) is 0 Å². The van der Waals surface area contributed by atoms with E-state index in [-0.39, 0.29) is 0 Å². The van der Waals surface area contributed by atoms with E-state index >= 15 is 0 Å². The Hall–Kier alpha value is -2.79. The van der Waals surface area contributed by atoms with Crippen LogP contribution in [0.3, 0.4) is 0 Å². The molecule has 2 nitrogen and oxygen atoms in total. The van der Waals surface area contributed by atoms with E-state index in [2.05, 4.69) is 61.2 Å². The molecule has 0 bridgehead atoms. The standard InChI is InChI=1S/C21H18N2/c1-3-23(4-2)19-11-17-7-5-15-9-14(13-22)10-16-6-8-18(12-19)21(17)20(15)16/h5-12H,3-4H2,1-2H3. The van der Waals surface area contributed by atoms with Crippen molar-refractivity contribution in [1.82, 2.24) is 0 Å². The molecule has 4 aromatic rings. The summed E-state index contributed by atoms with van der Waals surface area (Å²) in [4.78, 5) is 2.38. The van der Waals surface area contributed by atoms with Crippen LogP contribution in [0.4, 0.5) is 5.69 Å². The molecule has 2 heteroatoms. The molecule has 23 heavy (non-hydrogen) atoms. The Morgan fingerprint density at radius 2 is 1.22 bits per heavy atom. The van der Waals surface area contributed by atoms with E-state index in [0.29, 0.717) is 0 Å². The number of hydrogen-bond acceptors (Lipinski definition) is 2. The number of hydrogen-bond donors (Lipinski definition) is 0. The SMILES string of the molecule is CCN(CC)c1cc2ccc3cc(C#N)cc4ccc(c1)c2c34. The summed E-state index contributed by atoms with van der Waals surface area (Å²) in [6.45, 7) is 6.40. The van der Waals surface area contributed by atoms with Gasteiger partial charge >= 0.3 is 0 Å². The molecule has 0 spiro atoms. The quantitative estimate of drug-likeness (QED) is 0.480. The van der Waals surface area contributed by atoms with Crippen LogP contribution in [0, 0.1) is 11.3 Å². The first-order valence-corrected chi connectivity index (χ1v) is 8.12. The predicted octanol–water partition coefficient (Wildman–Crippen LogP) is 5.30. The fourth-order valence-electron chi connectivity index (χ4n) is 3.66. The average molecular weight is 298 g/mol. The van der Waals surface area contributed by atoms with Gasteiger partial charge in [0.05, 0.1) is 11.6 Å². The van der Waals surface area contributed by atoms with Crippen molar-refractivity contribution in [3.63, 3.8) is 0 Å². The van der Waals surface area contributed by atoms with Gasteiger partial charge in [-0.3, -0.25) is 0 Å². The lowest BCUT2D eigenvalue weighted by molar-refractivity contribution is 0.868. The van der Waals surface area contributed by atoms with Gasteiger partial charge in [-0.25, -0.2) is 0 Å². The molecule has 0 aliphatic rings. The minimum Gasteiger partial charge on any atom is -0.372 e. The lowest BCUT2D eigenvalue weighted by Crippen LogP contribution is -2.21. The second kappa shape index (κ2) is 5.14. The van der Waals surface area contributed by atoms with Crippen LogP contribution in [0.1, 0.15) is 19.4 Å². The summed E-state index contributed by atoms with van der Waals surface area (Å²) in [5.74, 6) is 0. The lowest BCUT2D eigenvalue weighted by atomic mass is 9.92. The second-order valence-corrected chi connectivity index (χ2v) is 5.98. The van der Waals surface area contributed by atoms with Gasteiger partial charge in [0.15, 0.2) is 0 Å². The molecule has 0 aliphatic carbocycles.